The van der Waals surface area contributed by atoms with E-state index >= 15 is 0 Å². The third-order valence-corrected chi connectivity index (χ3v) is 4.37. The number of carbonyl (C=O) groups is 1. The Morgan fingerprint density at radius 3 is 2.58 bits per heavy atom. The molecule has 0 saturated heterocycles. The molecule has 0 bridgehead atoms. The first-order chi connectivity index (χ1) is 12.5. The molecule has 1 aliphatic carbocycles. The highest BCUT2D eigenvalue weighted by atomic mass is 16.7. The number of aromatic hydroxyl groups is 1. The summed E-state index contributed by atoms with van der Waals surface area (Å²) in [6.45, 7) is 2.10. The number of carbonyl (C=O) groups excluding carboxylic acids is 1. The normalized spacial score (nSPS) is 17.5. The van der Waals surface area contributed by atoms with Crippen molar-refractivity contribution in [2.75, 3.05) is 14.2 Å². The van der Waals surface area contributed by atoms with Crippen LogP contribution in [0.2, 0.25) is 0 Å². The van der Waals surface area contributed by atoms with Gasteiger partial charge in [0.1, 0.15) is 5.75 Å². The third-order valence-electron chi connectivity index (χ3n) is 4.37. The van der Waals surface area contributed by atoms with Crippen LogP contribution in [0.5, 0.6) is 17.2 Å². The van der Waals surface area contributed by atoms with Crippen molar-refractivity contribution in [2.45, 2.75) is 19.8 Å². The minimum absolute atomic E-state index is 0.222. The molecular weight excluding hydrogens is 334 g/mol. The molecule has 2 aromatic carbocycles. The Morgan fingerprint density at radius 2 is 1.85 bits per heavy atom. The molecule has 0 saturated carbocycles. The van der Waals surface area contributed by atoms with Gasteiger partial charge in [-0.3, -0.25) is 0 Å². The number of benzene rings is 2. The summed E-state index contributed by atoms with van der Waals surface area (Å²) in [5.74, 6) is 0.978. The van der Waals surface area contributed by atoms with Crippen LogP contribution in [0.1, 0.15) is 34.8 Å². The van der Waals surface area contributed by atoms with Crippen LogP contribution in [0, 0.1) is 5.92 Å². The van der Waals surface area contributed by atoms with Crippen LogP contribution in [0.4, 0.5) is 0 Å². The highest BCUT2D eigenvalue weighted by Crippen LogP contribution is 2.30. The lowest BCUT2D eigenvalue weighted by Crippen LogP contribution is -2.19. The maximum Gasteiger partial charge on any atom is 0.365 e. The fourth-order valence-corrected chi connectivity index (χ4v) is 3.12. The van der Waals surface area contributed by atoms with Crippen molar-refractivity contribution in [3.8, 4) is 17.2 Å². The van der Waals surface area contributed by atoms with E-state index in [2.05, 4.69) is 12.1 Å². The van der Waals surface area contributed by atoms with Gasteiger partial charge in [0.2, 0.25) is 0 Å². The molecule has 6 nitrogen and oxygen atoms in total. The molecule has 3 rings (SSSR count). The van der Waals surface area contributed by atoms with Gasteiger partial charge in [0.25, 0.3) is 0 Å². The number of rotatable bonds is 4. The Labute approximate surface area is 152 Å². The minimum atomic E-state index is -0.572. The van der Waals surface area contributed by atoms with E-state index in [1.807, 2.05) is 0 Å². The maximum absolute atomic E-state index is 12.3. The highest BCUT2D eigenvalue weighted by Gasteiger charge is 2.22. The molecule has 0 aromatic heterocycles. The van der Waals surface area contributed by atoms with E-state index in [0.717, 1.165) is 17.5 Å². The Kier molecular flexibility index (Phi) is 5.11. The molecule has 1 N–H and O–H groups in total. The van der Waals surface area contributed by atoms with Crippen LogP contribution in [0.15, 0.2) is 41.6 Å². The first-order valence-corrected chi connectivity index (χ1v) is 8.34. The molecule has 0 fully saturated rings. The van der Waals surface area contributed by atoms with Gasteiger partial charge in [0.05, 0.1) is 25.5 Å². The van der Waals surface area contributed by atoms with Crippen molar-refractivity contribution < 1.29 is 24.2 Å². The zero-order chi connectivity index (χ0) is 18.7. The van der Waals surface area contributed by atoms with E-state index in [9.17, 15) is 9.90 Å². The highest BCUT2D eigenvalue weighted by molar-refractivity contribution is 6.03. The van der Waals surface area contributed by atoms with Crippen molar-refractivity contribution in [1.82, 2.24) is 0 Å². The lowest BCUT2D eigenvalue weighted by Gasteiger charge is -2.22. The van der Waals surface area contributed by atoms with Crippen LogP contribution >= 0.6 is 0 Å². The van der Waals surface area contributed by atoms with Crippen molar-refractivity contribution in [3.05, 3.63) is 53.1 Å². The first-order valence-electron chi connectivity index (χ1n) is 8.34. The van der Waals surface area contributed by atoms with E-state index in [1.54, 1.807) is 36.4 Å². The molecule has 0 aliphatic heterocycles. The number of methoxy groups -OCH3 is 2. The number of fused-ring (bicyclic) bond motifs is 1. The third kappa shape index (κ3) is 3.64. The number of ether oxygens (including phenoxy) is 2. The Hall–Kier alpha value is -3.02. The molecule has 6 heteroatoms. The summed E-state index contributed by atoms with van der Waals surface area (Å²) in [5, 5.41) is 13.8. The Balaban J connectivity index is 1.83. The largest absolute Gasteiger partial charge is 0.508 e. The standard InChI is InChI=1S/C20H21NO5/c1-12-8-14-10-15(22)5-6-16(14)17(9-12)21-26-20(23)13-4-7-18(24-2)19(11-13)25-3/h4-7,10-12,22H,8-9H2,1-3H3. The van der Waals surface area contributed by atoms with E-state index in [1.165, 1.54) is 14.2 Å². The monoisotopic (exact) mass is 355 g/mol. The Bertz CT molecular complexity index is 859. The van der Waals surface area contributed by atoms with Gasteiger partial charge in [0.15, 0.2) is 11.5 Å². The SMILES string of the molecule is COc1ccc(C(=O)ON=C2CC(C)Cc3cc(O)ccc32)cc1OC. The van der Waals surface area contributed by atoms with Crippen LogP contribution in [-0.4, -0.2) is 31.0 Å². The van der Waals surface area contributed by atoms with E-state index in [0.29, 0.717) is 35.1 Å². The van der Waals surface area contributed by atoms with Gasteiger partial charge in [-0.1, -0.05) is 12.1 Å². The fourth-order valence-electron chi connectivity index (χ4n) is 3.12. The first kappa shape index (κ1) is 17.8. The second-order valence-corrected chi connectivity index (χ2v) is 6.34. The van der Waals surface area contributed by atoms with Gasteiger partial charge in [-0.05, 0) is 60.7 Å². The average Bonchev–Trinajstić information content (AvgIpc) is 2.64. The van der Waals surface area contributed by atoms with Crippen molar-refractivity contribution >= 4 is 11.7 Å². The lowest BCUT2D eigenvalue weighted by molar-refractivity contribution is 0.0514. The summed E-state index contributed by atoms with van der Waals surface area (Å²) in [6.07, 6.45) is 1.56. The van der Waals surface area contributed by atoms with Gasteiger partial charge in [-0.25, -0.2) is 4.79 Å². The zero-order valence-electron chi connectivity index (χ0n) is 15.0. The summed E-state index contributed by atoms with van der Waals surface area (Å²) in [6, 6.07) is 9.94. The lowest BCUT2D eigenvalue weighted by atomic mass is 9.83. The summed E-state index contributed by atoms with van der Waals surface area (Å²) in [5.41, 5.74) is 2.93. The van der Waals surface area contributed by atoms with Gasteiger partial charge < -0.3 is 19.4 Å². The van der Waals surface area contributed by atoms with E-state index < -0.39 is 5.97 Å². The van der Waals surface area contributed by atoms with Gasteiger partial charge >= 0.3 is 5.97 Å². The van der Waals surface area contributed by atoms with Crippen LogP contribution in [0.25, 0.3) is 0 Å². The molecule has 1 unspecified atom stereocenters. The summed E-state index contributed by atoms with van der Waals surface area (Å²) in [4.78, 5) is 17.5. The molecule has 0 heterocycles. The predicted octanol–water partition coefficient (Wildman–Crippen LogP) is 3.55. The number of hydrogen-bond acceptors (Lipinski definition) is 6. The molecule has 26 heavy (non-hydrogen) atoms. The molecule has 0 amide bonds. The molecule has 1 aliphatic rings. The maximum atomic E-state index is 12.3. The van der Waals surface area contributed by atoms with Crippen molar-refractivity contribution in [2.24, 2.45) is 11.1 Å². The molecule has 1 atom stereocenters. The second kappa shape index (κ2) is 7.47. The van der Waals surface area contributed by atoms with Crippen molar-refractivity contribution in [1.29, 1.82) is 0 Å². The van der Waals surface area contributed by atoms with Crippen LogP contribution < -0.4 is 9.47 Å². The molecule has 2 aromatic rings. The second-order valence-electron chi connectivity index (χ2n) is 6.34. The number of phenolic OH excluding ortho intramolecular Hbond substituents is 1. The Morgan fingerprint density at radius 1 is 1.08 bits per heavy atom. The quantitative estimate of drug-likeness (QED) is 0.670. The smallest absolute Gasteiger partial charge is 0.365 e. The molecule has 0 spiro atoms. The molecule has 136 valence electrons. The zero-order valence-corrected chi connectivity index (χ0v) is 15.0. The number of hydrogen-bond donors (Lipinski definition) is 1. The van der Waals surface area contributed by atoms with Gasteiger partial charge in [-0.2, -0.15) is 0 Å². The van der Waals surface area contributed by atoms with Crippen molar-refractivity contribution in [3.63, 3.8) is 0 Å². The number of phenols is 1. The number of nitrogens with zero attached hydrogens (tertiary/aromatic N) is 1. The molecule has 0 radical (unpaired) electrons. The summed E-state index contributed by atoms with van der Waals surface area (Å²) >= 11 is 0. The summed E-state index contributed by atoms with van der Waals surface area (Å²) < 4.78 is 10.4. The van der Waals surface area contributed by atoms with Gasteiger partial charge in [0, 0.05) is 5.56 Å². The predicted molar refractivity (Wildman–Crippen MR) is 97.1 cm³/mol. The van der Waals surface area contributed by atoms with E-state index in [4.69, 9.17) is 14.3 Å². The molecular formula is C20H21NO5. The van der Waals surface area contributed by atoms with E-state index in [-0.39, 0.29) is 5.75 Å². The summed E-state index contributed by atoms with van der Waals surface area (Å²) in [7, 11) is 3.03. The topological polar surface area (TPSA) is 77.4 Å². The number of oxime groups is 1. The fraction of sp³-hybridized carbons (Fsp3) is 0.300. The average molecular weight is 355 g/mol. The minimum Gasteiger partial charge on any atom is -0.508 e. The van der Waals surface area contributed by atoms with Crippen LogP contribution in [-0.2, 0) is 11.3 Å². The van der Waals surface area contributed by atoms with Crippen LogP contribution in [0.3, 0.4) is 0 Å². The van der Waals surface area contributed by atoms with Gasteiger partial charge in [-0.15, -0.1) is 0 Å².